The van der Waals surface area contributed by atoms with E-state index in [9.17, 15) is 19.1 Å². The van der Waals surface area contributed by atoms with Gasteiger partial charge in [-0.05, 0) is 42.7 Å². The number of carbonyl (C=O) groups is 2. The van der Waals surface area contributed by atoms with Gasteiger partial charge in [0.1, 0.15) is 17.2 Å². The molecule has 1 aromatic heterocycles. The van der Waals surface area contributed by atoms with Gasteiger partial charge < -0.3 is 15.3 Å². The second-order valence-corrected chi connectivity index (χ2v) is 6.89. The molecule has 2 amide bonds. The lowest BCUT2D eigenvalue weighted by atomic mass is 9.85. The van der Waals surface area contributed by atoms with Gasteiger partial charge in [0, 0.05) is 17.7 Å². The second-order valence-electron chi connectivity index (χ2n) is 6.89. The summed E-state index contributed by atoms with van der Waals surface area (Å²) in [5.74, 6) is -0.292. The number of hydrogen-bond donors (Lipinski definition) is 2. The summed E-state index contributed by atoms with van der Waals surface area (Å²) in [6.45, 7) is 0.257. The van der Waals surface area contributed by atoms with Crippen LogP contribution in [0.2, 0.25) is 0 Å². The average Bonchev–Trinajstić information content (AvgIpc) is 3.44. The highest BCUT2D eigenvalue weighted by Gasteiger charge is 2.45. The Morgan fingerprint density at radius 1 is 1.19 bits per heavy atom. The van der Waals surface area contributed by atoms with E-state index in [-0.39, 0.29) is 36.6 Å². The van der Waals surface area contributed by atoms with Gasteiger partial charge in [-0.2, -0.15) is 0 Å². The summed E-state index contributed by atoms with van der Waals surface area (Å²) in [5.41, 5.74) is -0.193. The molecule has 2 N–H and O–H groups in total. The Morgan fingerprint density at radius 3 is 2.54 bits per heavy atom. The Morgan fingerprint density at radius 2 is 1.88 bits per heavy atom. The third-order valence-electron chi connectivity index (χ3n) is 4.78. The largest absolute Gasteiger partial charge is 0.381 e. The van der Waals surface area contributed by atoms with E-state index in [1.54, 1.807) is 6.07 Å². The van der Waals surface area contributed by atoms with Crippen molar-refractivity contribution in [1.82, 2.24) is 9.88 Å². The van der Waals surface area contributed by atoms with Gasteiger partial charge in [-0.1, -0.05) is 12.1 Å². The molecule has 2 aromatic rings. The fraction of sp³-hybridized carbons (Fsp3) is 0.316. The lowest BCUT2D eigenvalue weighted by Gasteiger charge is -2.46. The number of rotatable bonds is 4. The molecule has 1 aliphatic heterocycles. The van der Waals surface area contributed by atoms with Crippen molar-refractivity contribution in [2.45, 2.75) is 18.4 Å². The lowest BCUT2D eigenvalue weighted by molar-refractivity contribution is -0.117. The molecule has 2 heterocycles. The summed E-state index contributed by atoms with van der Waals surface area (Å²) in [4.78, 5) is 30.0. The van der Waals surface area contributed by atoms with Gasteiger partial charge in [-0.3, -0.25) is 9.59 Å². The summed E-state index contributed by atoms with van der Waals surface area (Å²) in [7, 11) is 0. The second kappa shape index (κ2) is 6.17. The van der Waals surface area contributed by atoms with Gasteiger partial charge in [0.05, 0.1) is 13.1 Å². The predicted molar refractivity (Wildman–Crippen MR) is 91.8 cm³/mol. The minimum Gasteiger partial charge on any atom is -0.381 e. The highest BCUT2D eigenvalue weighted by Crippen LogP contribution is 2.33. The highest BCUT2D eigenvalue weighted by molar-refractivity contribution is 5.97. The molecule has 2 fully saturated rings. The van der Waals surface area contributed by atoms with E-state index in [2.05, 4.69) is 10.3 Å². The van der Waals surface area contributed by atoms with E-state index < -0.39 is 5.60 Å². The minimum absolute atomic E-state index is 0.0530. The predicted octanol–water partition coefficient (Wildman–Crippen LogP) is 1.91. The molecule has 0 radical (unpaired) electrons. The number of carbonyl (C=O) groups excluding carboxylic acids is 2. The number of halogens is 1. The van der Waals surface area contributed by atoms with Crippen LogP contribution >= 0.6 is 0 Å². The first-order valence-electron chi connectivity index (χ1n) is 8.49. The van der Waals surface area contributed by atoms with Gasteiger partial charge in [-0.25, -0.2) is 9.37 Å². The van der Waals surface area contributed by atoms with Crippen LogP contribution in [0.25, 0.3) is 0 Å². The Hall–Kier alpha value is -2.80. The molecule has 4 rings (SSSR count). The van der Waals surface area contributed by atoms with Crippen molar-refractivity contribution in [3.05, 3.63) is 59.5 Å². The molecule has 1 saturated carbocycles. The van der Waals surface area contributed by atoms with Gasteiger partial charge in [0.2, 0.25) is 5.91 Å². The van der Waals surface area contributed by atoms with E-state index in [0.717, 1.165) is 12.8 Å². The summed E-state index contributed by atoms with van der Waals surface area (Å²) < 4.78 is 13.0. The summed E-state index contributed by atoms with van der Waals surface area (Å²) >= 11 is 0. The first-order valence-corrected chi connectivity index (χ1v) is 8.49. The molecule has 0 unspecified atom stereocenters. The molecule has 2 aliphatic rings. The molecule has 1 saturated heterocycles. The first kappa shape index (κ1) is 16.7. The van der Waals surface area contributed by atoms with Crippen molar-refractivity contribution in [1.29, 1.82) is 0 Å². The number of hydrogen-bond acceptors (Lipinski definition) is 4. The molecule has 7 heteroatoms. The number of β-amino-alcohol motifs (C(OH)–C–C–N with tert-alkyl or cyclic N) is 1. The SMILES string of the molecule is O=C(Nc1cc(C(=O)N2CC(O)(c3ccc(F)cc3)C2)ccn1)C1CC1. The maximum Gasteiger partial charge on any atom is 0.254 e. The molecule has 1 aromatic carbocycles. The first-order chi connectivity index (χ1) is 12.4. The summed E-state index contributed by atoms with van der Waals surface area (Å²) in [6.07, 6.45) is 3.25. The number of aliphatic hydroxyl groups is 1. The highest BCUT2D eigenvalue weighted by atomic mass is 19.1. The standard InChI is InChI=1S/C19H18FN3O3/c20-15-5-3-14(4-6-15)19(26)10-23(11-19)18(25)13-7-8-21-16(9-13)22-17(24)12-1-2-12/h3-9,12,26H,1-2,10-11H2,(H,21,22,24). The van der Waals surface area contributed by atoms with E-state index in [1.807, 2.05) is 0 Å². The molecular weight excluding hydrogens is 337 g/mol. The van der Waals surface area contributed by atoms with Crippen LogP contribution in [-0.2, 0) is 10.4 Å². The van der Waals surface area contributed by atoms with Crippen molar-refractivity contribution < 1.29 is 19.1 Å². The molecule has 0 spiro atoms. The van der Waals surface area contributed by atoms with E-state index in [4.69, 9.17) is 0 Å². The number of pyridine rings is 1. The quantitative estimate of drug-likeness (QED) is 0.878. The number of benzene rings is 1. The van der Waals surface area contributed by atoms with E-state index in [1.165, 1.54) is 41.4 Å². The van der Waals surface area contributed by atoms with Gasteiger partial charge in [0.25, 0.3) is 5.91 Å². The van der Waals surface area contributed by atoms with Crippen molar-refractivity contribution in [2.24, 2.45) is 5.92 Å². The Kier molecular flexibility index (Phi) is 3.96. The van der Waals surface area contributed by atoms with Crippen LogP contribution in [-0.4, -0.2) is 39.9 Å². The summed E-state index contributed by atoms with van der Waals surface area (Å²) in [5, 5.41) is 13.3. The molecule has 1 aliphatic carbocycles. The van der Waals surface area contributed by atoms with Crippen LogP contribution in [0.3, 0.4) is 0 Å². The number of amides is 2. The van der Waals surface area contributed by atoms with Crippen LogP contribution in [0.15, 0.2) is 42.6 Å². The Balaban J connectivity index is 1.42. The maximum absolute atomic E-state index is 13.0. The van der Waals surface area contributed by atoms with E-state index >= 15 is 0 Å². The number of aromatic nitrogens is 1. The van der Waals surface area contributed by atoms with Gasteiger partial charge in [0.15, 0.2) is 0 Å². The van der Waals surface area contributed by atoms with Crippen LogP contribution in [0.5, 0.6) is 0 Å². The fourth-order valence-corrected chi connectivity index (χ4v) is 3.06. The smallest absolute Gasteiger partial charge is 0.254 e. The number of likely N-dealkylation sites (tertiary alicyclic amines) is 1. The topological polar surface area (TPSA) is 82.5 Å². The minimum atomic E-state index is -1.17. The van der Waals surface area contributed by atoms with Crippen molar-refractivity contribution in [2.75, 3.05) is 18.4 Å². The average molecular weight is 355 g/mol. The van der Waals surface area contributed by atoms with Gasteiger partial charge >= 0.3 is 0 Å². The van der Waals surface area contributed by atoms with Crippen LogP contribution in [0.4, 0.5) is 10.2 Å². The molecule has 6 nitrogen and oxygen atoms in total. The third-order valence-corrected chi connectivity index (χ3v) is 4.78. The zero-order valence-electron chi connectivity index (χ0n) is 14.0. The molecular formula is C19H18FN3O3. The Labute approximate surface area is 149 Å². The van der Waals surface area contributed by atoms with Crippen LogP contribution in [0.1, 0.15) is 28.8 Å². The maximum atomic E-state index is 13.0. The molecule has 0 atom stereocenters. The van der Waals surface area contributed by atoms with Gasteiger partial charge in [-0.15, -0.1) is 0 Å². The normalized spacial score (nSPS) is 18.2. The zero-order valence-corrected chi connectivity index (χ0v) is 14.0. The lowest BCUT2D eigenvalue weighted by Crippen LogP contribution is -2.61. The monoisotopic (exact) mass is 355 g/mol. The summed E-state index contributed by atoms with van der Waals surface area (Å²) in [6, 6.07) is 8.73. The zero-order chi connectivity index (χ0) is 18.3. The number of nitrogens with one attached hydrogen (secondary N) is 1. The Bertz CT molecular complexity index is 859. The van der Waals surface area contributed by atoms with Crippen LogP contribution in [0, 0.1) is 11.7 Å². The molecule has 26 heavy (non-hydrogen) atoms. The van der Waals surface area contributed by atoms with E-state index in [0.29, 0.717) is 16.9 Å². The molecule has 134 valence electrons. The van der Waals surface area contributed by atoms with Crippen LogP contribution < -0.4 is 5.32 Å². The van der Waals surface area contributed by atoms with Crippen molar-refractivity contribution in [3.63, 3.8) is 0 Å². The third kappa shape index (κ3) is 3.17. The number of anilines is 1. The van der Waals surface area contributed by atoms with Crippen molar-refractivity contribution in [3.8, 4) is 0 Å². The fourth-order valence-electron chi connectivity index (χ4n) is 3.06. The van der Waals surface area contributed by atoms with Crippen molar-refractivity contribution >= 4 is 17.6 Å². The molecule has 0 bridgehead atoms. The number of nitrogens with zero attached hydrogens (tertiary/aromatic N) is 2.